The molecule has 1 atom stereocenters. The molecule has 1 aliphatic carbocycles. The molecule has 2 aliphatic heterocycles. The van der Waals surface area contributed by atoms with E-state index in [1.54, 1.807) is 0 Å². The van der Waals surface area contributed by atoms with Gasteiger partial charge in [-0.1, -0.05) is 19.3 Å². The van der Waals surface area contributed by atoms with Gasteiger partial charge in [0.1, 0.15) is 0 Å². The number of nitrogens with zero attached hydrogens (tertiary/aromatic N) is 1. The van der Waals surface area contributed by atoms with Crippen LogP contribution in [0.15, 0.2) is 0 Å². The molecule has 2 saturated heterocycles. The number of ether oxygens (including phenoxy) is 1. The molecule has 3 aliphatic rings. The number of piperidine rings is 1. The Bertz CT molecular complexity index is 382. The van der Waals surface area contributed by atoms with Gasteiger partial charge in [0.25, 0.3) is 0 Å². The Morgan fingerprint density at radius 2 is 1.91 bits per heavy atom. The highest BCUT2D eigenvalue weighted by Crippen LogP contribution is 2.30. The third kappa shape index (κ3) is 5.16. The van der Waals surface area contributed by atoms with Crippen LogP contribution < -0.4 is 5.32 Å². The van der Waals surface area contributed by atoms with Gasteiger partial charge >= 0.3 is 0 Å². The first-order valence-corrected chi connectivity index (χ1v) is 9.45. The van der Waals surface area contributed by atoms with Crippen LogP contribution in [0.4, 0.5) is 0 Å². The minimum absolute atomic E-state index is 0.0389. The van der Waals surface area contributed by atoms with Crippen molar-refractivity contribution in [3.05, 3.63) is 0 Å². The summed E-state index contributed by atoms with van der Waals surface area (Å²) in [6.45, 7) is 5.09. The van der Waals surface area contributed by atoms with Crippen molar-refractivity contribution in [3.63, 3.8) is 0 Å². The minimum atomic E-state index is -0.745. The lowest BCUT2D eigenvalue weighted by Gasteiger charge is -2.35. The lowest BCUT2D eigenvalue weighted by Crippen LogP contribution is -2.47. The fourth-order valence-corrected chi connectivity index (χ4v) is 4.32. The second-order valence-corrected chi connectivity index (χ2v) is 7.83. The van der Waals surface area contributed by atoms with Gasteiger partial charge in [-0.2, -0.15) is 0 Å². The zero-order valence-corrected chi connectivity index (χ0v) is 14.3. The maximum absolute atomic E-state index is 12.2. The van der Waals surface area contributed by atoms with E-state index < -0.39 is 5.60 Å². The van der Waals surface area contributed by atoms with Gasteiger partial charge in [0.2, 0.25) is 5.91 Å². The number of amides is 1. The number of carbonyl (C=O) groups excluding carboxylic acids is 1. The van der Waals surface area contributed by atoms with Crippen molar-refractivity contribution in [3.8, 4) is 0 Å². The van der Waals surface area contributed by atoms with E-state index in [9.17, 15) is 9.90 Å². The SMILES string of the molecule is O=C(CC1(O)CCCCC1)NC1CCN(CC2CCOC2)CC1. The zero-order chi connectivity index (χ0) is 16.1. The summed E-state index contributed by atoms with van der Waals surface area (Å²) in [6.07, 6.45) is 8.37. The van der Waals surface area contributed by atoms with E-state index in [0.717, 1.165) is 71.4 Å². The van der Waals surface area contributed by atoms with Crippen LogP contribution in [0.3, 0.4) is 0 Å². The monoisotopic (exact) mass is 324 g/mol. The highest BCUT2D eigenvalue weighted by molar-refractivity contribution is 5.77. The summed E-state index contributed by atoms with van der Waals surface area (Å²) in [4.78, 5) is 14.8. The van der Waals surface area contributed by atoms with E-state index in [1.165, 1.54) is 12.8 Å². The lowest BCUT2D eigenvalue weighted by molar-refractivity contribution is -0.128. The zero-order valence-electron chi connectivity index (χ0n) is 14.3. The van der Waals surface area contributed by atoms with Gasteiger partial charge in [-0.3, -0.25) is 4.79 Å². The molecule has 0 bridgehead atoms. The quantitative estimate of drug-likeness (QED) is 0.808. The van der Waals surface area contributed by atoms with Gasteiger partial charge in [0.05, 0.1) is 18.6 Å². The van der Waals surface area contributed by atoms with Crippen LogP contribution in [0.1, 0.15) is 57.8 Å². The molecule has 0 aromatic rings. The Morgan fingerprint density at radius 3 is 2.57 bits per heavy atom. The number of carbonyl (C=O) groups is 1. The van der Waals surface area contributed by atoms with Crippen LogP contribution in [0.5, 0.6) is 0 Å². The van der Waals surface area contributed by atoms with Crippen LogP contribution in [0, 0.1) is 5.92 Å². The smallest absolute Gasteiger partial charge is 0.223 e. The average Bonchev–Trinajstić information content (AvgIpc) is 3.02. The molecule has 23 heavy (non-hydrogen) atoms. The summed E-state index contributed by atoms with van der Waals surface area (Å²) in [5.74, 6) is 0.735. The predicted molar refractivity (Wildman–Crippen MR) is 89.2 cm³/mol. The average molecular weight is 324 g/mol. The summed E-state index contributed by atoms with van der Waals surface area (Å²) in [5, 5.41) is 13.6. The number of rotatable bonds is 5. The van der Waals surface area contributed by atoms with Crippen molar-refractivity contribution in [1.29, 1.82) is 0 Å². The molecule has 5 nitrogen and oxygen atoms in total. The number of likely N-dealkylation sites (tertiary alicyclic amines) is 1. The normalized spacial score (nSPS) is 29.5. The van der Waals surface area contributed by atoms with E-state index in [4.69, 9.17) is 4.74 Å². The lowest BCUT2D eigenvalue weighted by atomic mass is 9.82. The van der Waals surface area contributed by atoms with Gasteiger partial charge in [-0.15, -0.1) is 0 Å². The second kappa shape index (κ2) is 7.95. The number of nitrogens with one attached hydrogen (secondary N) is 1. The van der Waals surface area contributed by atoms with Crippen LogP contribution in [0.25, 0.3) is 0 Å². The summed E-state index contributed by atoms with van der Waals surface area (Å²) < 4.78 is 5.45. The summed E-state index contributed by atoms with van der Waals surface area (Å²) in [7, 11) is 0. The topological polar surface area (TPSA) is 61.8 Å². The van der Waals surface area contributed by atoms with Crippen molar-refractivity contribution in [2.75, 3.05) is 32.8 Å². The number of aliphatic hydroxyl groups is 1. The fraction of sp³-hybridized carbons (Fsp3) is 0.944. The summed E-state index contributed by atoms with van der Waals surface area (Å²) in [6, 6.07) is 0.283. The Kier molecular flexibility index (Phi) is 5.94. The number of hydrogen-bond donors (Lipinski definition) is 2. The Labute approximate surface area is 139 Å². The van der Waals surface area contributed by atoms with Gasteiger partial charge in [0, 0.05) is 32.3 Å². The van der Waals surface area contributed by atoms with E-state index in [1.807, 2.05) is 0 Å². The molecule has 2 N–H and O–H groups in total. The molecule has 0 aromatic heterocycles. The van der Waals surface area contributed by atoms with E-state index in [2.05, 4.69) is 10.2 Å². The van der Waals surface area contributed by atoms with Gasteiger partial charge in [0.15, 0.2) is 0 Å². The van der Waals surface area contributed by atoms with Crippen molar-refractivity contribution < 1.29 is 14.6 Å². The molecule has 1 unspecified atom stereocenters. The molecule has 0 radical (unpaired) electrons. The Balaban J connectivity index is 1.35. The molecule has 1 saturated carbocycles. The minimum Gasteiger partial charge on any atom is -0.389 e. The van der Waals surface area contributed by atoms with Gasteiger partial charge in [-0.05, 0) is 38.0 Å². The maximum atomic E-state index is 12.2. The first-order chi connectivity index (χ1) is 11.1. The Morgan fingerprint density at radius 1 is 1.17 bits per heavy atom. The first kappa shape index (κ1) is 17.2. The molecule has 2 heterocycles. The molecule has 3 fully saturated rings. The largest absolute Gasteiger partial charge is 0.389 e. The first-order valence-electron chi connectivity index (χ1n) is 9.45. The molecule has 1 amide bonds. The van der Waals surface area contributed by atoms with Crippen LogP contribution >= 0.6 is 0 Å². The highest BCUT2D eigenvalue weighted by atomic mass is 16.5. The van der Waals surface area contributed by atoms with Crippen LogP contribution in [-0.2, 0) is 9.53 Å². The van der Waals surface area contributed by atoms with Crippen LogP contribution in [0.2, 0.25) is 0 Å². The molecule has 0 spiro atoms. The standard InChI is InChI=1S/C18H32N2O3/c21-17(12-18(22)7-2-1-3-8-18)19-16-4-9-20(10-5-16)13-15-6-11-23-14-15/h15-16,22H,1-14H2,(H,19,21). The predicted octanol–water partition coefficient (Wildman–Crippen LogP) is 1.69. The van der Waals surface area contributed by atoms with Crippen molar-refractivity contribution in [2.24, 2.45) is 5.92 Å². The second-order valence-electron chi connectivity index (χ2n) is 7.83. The molecule has 3 rings (SSSR count). The van der Waals surface area contributed by atoms with Crippen molar-refractivity contribution >= 4 is 5.91 Å². The molecular weight excluding hydrogens is 292 g/mol. The van der Waals surface area contributed by atoms with Crippen LogP contribution in [-0.4, -0.2) is 60.4 Å². The van der Waals surface area contributed by atoms with E-state index in [-0.39, 0.29) is 18.4 Å². The van der Waals surface area contributed by atoms with E-state index in [0.29, 0.717) is 5.92 Å². The molecule has 132 valence electrons. The highest BCUT2D eigenvalue weighted by Gasteiger charge is 2.32. The molecule has 5 heteroatoms. The van der Waals surface area contributed by atoms with Gasteiger partial charge in [-0.25, -0.2) is 0 Å². The van der Waals surface area contributed by atoms with Crippen molar-refractivity contribution in [1.82, 2.24) is 10.2 Å². The Hall–Kier alpha value is -0.650. The fourth-order valence-electron chi connectivity index (χ4n) is 4.32. The van der Waals surface area contributed by atoms with E-state index >= 15 is 0 Å². The summed E-state index contributed by atoms with van der Waals surface area (Å²) >= 11 is 0. The third-order valence-corrected chi connectivity index (χ3v) is 5.77. The number of hydrogen-bond acceptors (Lipinski definition) is 4. The molecule has 0 aromatic carbocycles. The molecular formula is C18H32N2O3. The summed E-state index contributed by atoms with van der Waals surface area (Å²) in [5.41, 5.74) is -0.745. The van der Waals surface area contributed by atoms with Gasteiger partial charge < -0.3 is 20.1 Å². The third-order valence-electron chi connectivity index (χ3n) is 5.77. The maximum Gasteiger partial charge on any atom is 0.223 e. The van der Waals surface area contributed by atoms with Crippen molar-refractivity contribution in [2.45, 2.75) is 69.4 Å².